The molecule has 0 aliphatic heterocycles. The number of esters is 1. The van der Waals surface area contributed by atoms with Crippen LogP contribution in [0.1, 0.15) is 33.3 Å². The van der Waals surface area contributed by atoms with Crippen molar-refractivity contribution < 1.29 is 9.53 Å². The number of carbonyl (C=O) groups is 1. The third-order valence-corrected chi connectivity index (χ3v) is 6.55. The van der Waals surface area contributed by atoms with E-state index in [-0.39, 0.29) is 5.97 Å². The minimum absolute atomic E-state index is 0.294. The highest BCUT2D eigenvalue weighted by Crippen LogP contribution is 2.40. The van der Waals surface area contributed by atoms with Gasteiger partial charge in [-0.3, -0.25) is 4.68 Å². The van der Waals surface area contributed by atoms with Crippen LogP contribution in [0.5, 0.6) is 0 Å². The van der Waals surface area contributed by atoms with Crippen LogP contribution in [0.4, 0.5) is 10.8 Å². The number of ether oxygens (including phenoxy) is 1. The Balaban J connectivity index is 1.53. The Hall–Kier alpha value is -3.49. The molecule has 2 aromatic heterocycles. The summed E-state index contributed by atoms with van der Waals surface area (Å²) in [4.78, 5) is 13.9. The number of nitrogens with zero attached hydrogens (tertiary/aromatic N) is 2. The summed E-state index contributed by atoms with van der Waals surface area (Å²) in [5.41, 5.74) is 4.74. The van der Waals surface area contributed by atoms with E-state index in [1.54, 1.807) is 6.92 Å². The van der Waals surface area contributed by atoms with Gasteiger partial charge in [0.25, 0.3) is 0 Å². The van der Waals surface area contributed by atoms with Gasteiger partial charge < -0.3 is 15.4 Å². The van der Waals surface area contributed by atoms with Gasteiger partial charge in [-0.25, -0.2) is 4.79 Å². The number of thiophene rings is 1. The Labute approximate surface area is 208 Å². The molecule has 0 unspecified atom stereocenters. The summed E-state index contributed by atoms with van der Waals surface area (Å²) >= 11 is 7.01. The number of rotatable bonds is 7. The van der Waals surface area contributed by atoms with Crippen LogP contribution in [0.3, 0.4) is 0 Å². The fourth-order valence-electron chi connectivity index (χ4n) is 3.71. The SMILES string of the molecule is CCOC(=O)c1c(NC(=S)Nc2ccn(Cc3ccccc3C)n2)sc(C)c1-c1ccccc1. The van der Waals surface area contributed by atoms with Gasteiger partial charge in [-0.05, 0) is 49.7 Å². The van der Waals surface area contributed by atoms with Crippen LogP contribution in [0.25, 0.3) is 11.1 Å². The zero-order chi connectivity index (χ0) is 24.1. The number of anilines is 2. The van der Waals surface area contributed by atoms with E-state index >= 15 is 0 Å². The lowest BCUT2D eigenvalue weighted by molar-refractivity contribution is 0.0529. The van der Waals surface area contributed by atoms with Crippen molar-refractivity contribution in [2.75, 3.05) is 17.2 Å². The highest BCUT2D eigenvalue weighted by Gasteiger charge is 2.25. The largest absolute Gasteiger partial charge is 0.462 e. The van der Waals surface area contributed by atoms with E-state index in [9.17, 15) is 4.79 Å². The minimum Gasteiger partial charge on any atom is -0.462 e. The van der Waals surface area contributed by atoms with E-state index in [1.807, 2.05) is 66.3 Å². The minimum atomic E-state index is -0.376. The first-order valence-electron chi connectivity index (χ1n) is 11.0. The molecule has 0 aliphatic carbocycles. The second-order valence-corrected chi connectivity index (χ2v) is 9.36. The van der Waals surface area contributed by atoms with Gasteiger partial charge in [-0.2, -0.15) is 5.10 Å². The molecule has 8 heteroatoms. The van der Waals surface area contributed by atoms with E-state index in [0.29, 0.717) is 34.6 Å². The maximum absolute atomic E-state index is 12.9. The molecular weight excluding hydrogens is 464 g/mol. The number of aryl methyl sites for hydroxylation is 2. The number of benzene rings is 2. The molecule has 4 aromatic rings. The van der Waals surface area contributed by atoms with Crippen molar-refractivity contribution in [2.24, 2.45) is 0 Å². The monoisotopic (exact) mass is 490 g/mol. The van der Waals surface area contributed by atoms with Crippen LogP contribution >= 0.6 is 23.6 Å². The molecule has 34 heavy (non-hydrogen) atoms. The fourth-order valence-corrected chi connectivity index (χ4v) is 5.05. The zero-order valence-electron chi connectivity index (χ0n) is 19.3. The lowest BCUT2D eigenvalue weighted by Crippen LogP contribution is -2.20. The van der Waals surface area contributed by atoms with E-state index in [0.717, 1.165) is 16.0 Å². The van der Waals surface area contributed by atoms with Crippen molar-refractivity contribution in [3.8, 4) is 11.1 Å². The molecular formula is C26H26N4O2S2. The third kappa shape index (κ3) is 5.35. The highest BCUT2D eigenvalue weighted by molar-refractivity contribution is 7.80. The first-order valence-corrected chi connectivity index (χ1v) is 12.2. The third-order valence-electron chi connectivity index (χ3n) is 5.33. The topological polar surface area (TPSA) is 68.2 Å². The Morgan fingerprint density at radius 1 is 1.06 bits per heavy atom. The van der Waals surface area contributed by atoms with E-state index in [1.165, 1.54) is 22.5 Å². The molecule has 0 saturated carbocycles. The molecule has 2 aromatic carbocycles. The molecule has 0 spiro atoms. The van der Waals surface area contributed by atoms with E-state index < -0.39 is 0 Å². The highest BCUT2D eigenvalue weighted by atomic mass is 32.1. The summed E-state index contributed by atoms with van der Waals surface area (Å²) in [5.74, 6) is 0.249. The van der Waals surface area contributed by atoms with Gasteiger partial charge in [-0.15, -0.1) is 11.3 Å². The quantitative estimate of drug-likeness (QED) is 0.235. The summed E-state index contributed by atoms with van der Waals surface area (Å²) < 4.78 is 7.22. The van der Waals surface area contributed by atoms with Gasteiger partial charge in [0, 0.05) is 22.7 Å². The van der Waals surface area contributed by atoms with Gasteiger partial charge in [0.1, 0.15) is 10.6 Å². The summed E-state index contributed by atoms with van der Waals surface area (Å²) in [7, 11) is 0. The number of hydrogen-bond acceptors (Lipinski definition) is 5. The summed E-state index contributed by atoms with van der Waals surface area (Å²) in [5, 5.41) is 11.9. The molecule has 0 saturated heterocycles. The van der Waals surface area contributed by atoms with Crippen LogP contribution in [-0.4, -0.2) is 27.5 Å². The van der Waals surface area contributed by atoms with Gasteiger partial charge in [0.15, 0.2) is 10.9 Å². The molecule has 0 aliphatic rings. The molecule has 0 atom stereocenters. The average molecular weight is 491 g/mol. The zero-order valence-corrected chi connectivity index (χ0v) is 20.9. The van der Waals surface area contributed by atoms with Gasteiger partial charge in [0.05, 0.1) is 13.2 Å². The molecule has 0 bridgehead atoms. The predicted molar refractivity (Wildman–Crippen MR) is 143 cm³/mol. The van der Waals surface area contributed by atoms with Crippen molar-refractivity contribution in [1.82, 2.24) is 9.78 Å². The van der Waals surface area contributed by atoms with Crippen LogP contribution in [0.15, 0.2) is 66.9 Å². The van der Waals surface area contributed by atoms with Crippen LogP contribution < -0.4 is 10.6 Å². The molecule has 6 nitrogen and oxygen atoms in total. The lowest BCUT2D eigenvalue weighted by atomic mass is 10.0. The average Bonchev–Trinajstić information content (AvgIpc) is 3.39. The first-order chi connectivity index (χ1) is 16.5. The second kappa shape index (κ2) is 10.6. The Kier molecular flexibility index (Phi) is 7.40. The maximum atomic E-state index is 12.9. The molecule has 4 rings (SSSR count). The molecule has 0 fully saturated rings. The number of carbonyl (C=O) groups excluding carboxylic acids is 1. The summed E-state index contributed by atoms with van der Waals surface area (Å²) in [6.45, 7) is 6.84. The van der Waals surface area contributed by atoms with Crippen LogP contribution in [-0.2, 0) is 11.3 Å². The molecule has 174 valence electrons. The first kappa shape index (κ1) is 23.7. The molecule has 2 N–H and O–H groups in total. The predicted octanol–water partition coefficient (Wildman–Crippen LogP) is 6.26. The Bertz CT molecular complexity index is 1310. The van der Waals surface area contributed by atoms with Crippen LogP contribution in [0, 0.1) is 13.8 Å². The van der Waals surface area contributed by atoms with Crippen molar-refractivity contribution in [2.45, 2.75) is 27.3 Å². The smallest absolute Gasteiger partial charge is 0.341 e. The standard InChI is InChI=1S/C26H26N4O2S2/c1-4-32-25(31)23-22(19-11-6-5-7-12-19)18(3)34-24(23)28-26(33)27-21-14-15-30(29-21)16-20-13-9-8-10-17(20)2/h5-15H,4,16H2,1-3H3,(H2,27,28,29,33). The number of thiocarbonyl (C=S) groups is 1. The molecule has 2 heterocycles. The molecule has 0 amide bonds. The number of aromatic nitrogens is 2. The van der Waals surface area contributed by atoms with Gasteiger partial charge in [0.2, 0.25) is 0 Å². The summed E-state index contributed by atoms with van der Waals surface area (Å²) in [6.07, 6.45) is 1.91. The van der Waals surface area contributed by atoms with Gasteiger partial charge >= 0.3 is 5.97 Å². The van der Waals surface area contributed by atoms with Crippen molar-refractivity contribution in [1.29, 1.82) is 0 Å². The van der Waals surface area contributed by atoms with Crippen LogP contribution in [0.2, 0.25) is 0 Å². The summed E-state index contributed by atoms with van der Waals surface area (Å²) in [6, 6.07) is 19.9. The van der Waals surface area contributed by atoms with E-state index in [4.69, 9.17) is 17.0 Å². The molecule has 0 radical (unpaired) electrons. The number of nitrogens with one attached hydrogen (secondary N) is 2. The van der Waals surface area contributed by atoms with Gasteiger partial charge in [-0.1, -0.05) is 54.6 Å². The van der Waals surface area contributed by atoms with Crippen molar-refractivity contribution in [3.63, 3.8) is 0 Å². The van der Waals surface area contributed by atoms with Crippen molar-refractivity contribution >= 4 is 45.5 Å². The normalized spacial score (nSPS) is 10.7. The second-order valence-electron chi connectivity index (χ2n) is 7.73. The van der Waals surface area contributed by atoms with E-state index in [2.05, 4.69) is 34.8 Å². The number of hydrogen-bond donors (Lipinski definition) is 2. The fraction of sp³-hybridized carbons (Fsp3) is 0.192. The van der Waals surface area contributed by atoms with Crippen molar-refractivity contribution in [3.05, 3.63) is 88.4 Å². The lowest BCUT2D eigenvalue weighted by Gasteiger charge is -2.11. The Morgan fingerprint density at radius 2 is 1.79 bits per heavy atom. The Morgan fingerprint density at radius 3 is 2.53 bits per heavy atom. The maximum Gasteiger partial charge on any atom is 0.341 e.